The van der Waals surface area contributed by atoms with Crippen molar-refractivity contribution in [3.05, 3.63) is 21.9 Å². The van der Waals surface area contributed by atoms with Crippen molar-refractivity contribution in [2.24, 2.45) is 5.73 Å². The van der Waals surface area contributed by atoms with Crippen LogP contribution in [0.1, 0.15) is 21.9 Å². The van der Waals surface area contributed by atoms with E-state index in [9.17, 15) is 0 Å². The molecule has 0 aromatic carbocycles. The number of nitrogens with two attached hydrogens (primary N) is 1. The maximum absolute atomic E-state index is 5.55. The highest BCUT2D eigenvalue weighted by molar-refractivity contribution is 7.99. The Hall–Kier alpha value is -0.0300. The Morgan fingerprint density at radius 1 is 1.53 bits per heavy atom. The molecule has 0 saturated heterocycles. The first-order valence-corrected chi connectivity index (χ1v) is 7.23. The van der Waals surface area contributed by atoms with Crippen molar-refractivity contribution in [1.82, 2.24) is 5.32 Å². The molecular formula is C11H20N2S2. The molecule has 0 spiro atoms. The van der Waals surface area contributed by atoms with Crippen LogP contribution in [0.3, 0.4) is 0 Å². The fraction of sp³-hybridized carbons (Fsp3) is 0.636. The smallest absolute Gasteiger partial charge is 0.0516 e. The lowest BCUT2D eigenvalue weighted by Gasteiger charge is -2.14. The highest BCUT2D eigenvalue weighted by Gasteiger charge is 2.12. The molecule has 0 radical (unpaired) electrons. The predicted molar refractivity (Wildman–Crippen MR) is 71.9 cm³/mol. The molecule has 1 atom stereocenters. The van der Waals surface area contributed by atoms with Gasteiger partial charge in [-0.05, 0) is 25.6 Å². The molecule has 2 nitrogen and oxygen atoms in total. The van der Waals surface area contributed by atoms with Crippen LogP contribution in [0.2, 0.25) is 0 Å². The lowest BCUT2D eigenvalue weighted by molar-refractivity contribution is 0.712. The van der Waals surface area contributed by atoms with E-state index in [0.29, 0.717) is 5.25 Å². The van der Waals surface area contributed by atoms with Gasteiger partial charge in [0.2, 0.25) is 0 Å². The Morgan fingerprint density at radius 2 is 2.33 bits per heavy atom. The molecule has 0 saturated carbocycles. The third kappa shape index (κ3) is 4.55. The zero-order valence-corrected chi connectivity index (χ0v) is 11.1. The lowest BCUT2D eigenvalue weighted by atomic mass is 10.3. The second-order valence-corrected chi connectivity index (χ2v) is 6.03. The number of hydrogen-bond donors (Lipinski definition) is 2. The van der Waals surface area contributed by atoms with Gasteiger partial charge in [0.05, 0.1) is 5.25 Å². The summed E-state index contributed by atoms with van der Waals surface area (Å²) in [7, 11) is 0. The zero-order chi connectivity index (χ0) is 11.1. The van der Waals surface area contributed by atoms with Gasteiger partial charge < -0.3 is 11.1 Å². The number of nitrogens with one attached hydrogen (secondary N) is 1. The van der Waals surface area contributed by atoms with Crippen molar-refractivity contribution >= 4 is 23.1 Å². The topological polar surface area (TPSA) is 38.0 Å². The molecule has 1 aromatic heterocycles. The number of rotatable bonds is 7. The molecule has 0 aliphatic rings. The average molecular weight is 244 g/mol. The van der Waals surface area contributed by atoms with Crippen LogP contribution in [-0.4, -0.2) is 25.4 Å². The number of likely N-dealkylation sites (N-methyl/N-ethyl adjacent to an activating group) is 1. The van der Waals surface area contributed by atoms with Gasteiger partial charge in [-0.3, -0.25) is 0 Å². The number of hydrogen-bond acceptors (Lipinski definition) is 4. The highest BCUT2D eigenvalue weighted by atomic mass is 32.2. The first-order chi connectivity index (χ1) is 7.27. The van der Waals surface area contributed by atoms with E-state index in [4.69, 9.17) is 5.73 Å². The van der Waals surface area contributed by atoms with Gasteiger partial charge in [0, 0.05) is 28.6 Å². The first kappa shape index (κ1) is 13.0. The van der Waals surface area contributed by atoms with Gasteiger partial charge in [-0.2, -0.15) is 11.8 Å². The molecule has 0 bridgehead atoms. The molecule has 3 N–H and O–H groups in total. The van der Waals surface area contributed by atoms with Crippen LogP contribution in [0.15, 0.2) is 12.1 Å². The predicted octanol–water partition coefficient (Wildman–Crippen LogP) is 2.40. The van der Waals surface area contributed by atoms with Crippen LogP contribution in [0.25, 0.3) is 0 Å². The number of thioether (sulfide) groups is 1. The lowest BCUT2D eigenvalue weighted by Crippen LogP contribution is -2.19. The molecule has 0 aliphatic heterocycles. The van der Waals surface area contributed by atoms with Crippen LogP contribution in [0.4, 0.5) is 0 Å². The Balaban J connectivity index is 2.54. The second-order valence-electron chi connectivity index (χ2n) is 3.40. The maximum atomic E-state index is 5.55. The molecule has 0 aliphatic carbocycles. The van der Waals surface area contributed by atoms with E-state index in [1.165, 1.54) is 9.75 Å². The molecule has 86 valence electrons. The summed E-state index contributed by atoms with van der Waals surface area (Å²) in [6.07, 6.45) is 0. The fourth-order valence-corrected chi connectivity index (χ4v) is 3.46. The van der Waals surface area contributed by atoms with E-state index in [1.54, 1.807) is 0 Å². The Bertz CT molecular complexity index is 265. The molecule has 0 fully saturated rings. The van der Waals surface area contributed by atoms with Gasteiger partial charge >= 0.3 is 0 Å². The molecular weight excluding hydrogens is 224 g/mol. The van der Waals surface area contributed by atoms with Gasteiger partial charge in [-0.25, -0.2) is 0 Å². The van der Waals surface area contributed by atoms with Crippen molar-refractivity contribution in [3.8, 4) is 0 Å². The van der Waals surface area contributed by atoms with Crippen LogP contribution in [-0.2, 0) is 0 Å². The molecule has 1 rings (SSSR count). The maximum Gasteiger partial charge on any atom is 0.0516 e. The van der Waals surface area contributed by atoms with E-state index in [-0.39, 0.29) is 0 Å². The van der Waals surface area contributed by atoms with E-state index in [2.05, 4.69) is 31.3 Å². The monoisotopic (exact) mass is 244 g/mol. The molecule has 4 heteroatoms. The number of aryl methyl sites for hydroxylation is 1. The van der Waals surface area contributed by atoms with E-state index < -0.39 is 0 Å². The summed E-state index contributed by atoms with van der Waals surface area (Å²) in [6, 6.07) is 4.44. The third-order valence-corrected chi connectivity index (χ3v) is 4.65. The third-order valence-electron chi connectivity index (χ3n) is 2.10. The highest BCUT2D eigenvalue weighted by Crippen LogP contribution is 2.32. The molecule has 1 heterocycles. The van der Waals surface area contributed by atoms with E-state index in [1.807, 2.05) is 23.1 Å². The second kappa shape index (κ2) is 7.28. The standard InChI is InChI=1S/C11H20N2S2/c1-3-13-8-11(14-7-6-12)10-5-4-9(2)15-10/h4-5,11,13H,3,6-8,12H2,1-2H3. The Kier molecular flexibility index (Phi) is 6.32. The van der Waals surface area contributed by atoms with Gasteiger partial charge in [0.25, 0.3) is 0 Å². The van der Waals surface area contributed by atoms with E-state index >= 15 is 0 Å². The molecule has 15 heavy (non-hydrogen) atoms. The Labute approximate surface area is 101 Å². The van der Waals surface area contributed by atoms with Crippen LogP contribution in [0, 0.1) is 6.92 Å². The normalized spacial score (nSPS) is 13.0. The summed E-state index contributed by atoms with van der Waals surface area (Å²) in [5.74, 6) is 1.03. The van der Waals surface area contributed by atoms with Gasteiger partial charge in [-0.1, -0.05) is 6.92 Å². The first-order valence-electron chi connectivity index (χ1n) is 5.36. The van der Waals surface area contributed by atoms with Gasteiger partial charge in [0.15, 0.2) is 0 Å². The largest absolute Gasteiger partial charge is 0.330 e. The van der Waals surface area contributed by atoms with Crippen LogP contribution < -0.4 is 11.1 Å². The summed E-state index contributed by atoms with van der Waals surface area (Å²) in [5.41, 5.74) is 5.55. The average Bonchev–Trinajstić information content (AvgIpc) is 2.65. The number of thiophene rings is 1. The molecule has 0 amide bonds. The Morgan fingerprint density at radius 3 is 2.87 bits per heavy atom. The SMILES string of the molecule is CCNCC(SCCN)c1ccc(C)s1. The minimum absolute atomic E-state index is 0.562. The van der Waals surface area contributed by atoms with Crippen molar-refractivity contribution in [2.75, 3.05) is 25.4 Å². The summed E-state index contributed by atoms with van der Waals surface area (Å²) >= 11 is 3.85. The molecule has 1 unspecified atom stereocenters. The van der Waals surface area contributed by atoms with E-state index in [0.717, 1.165) is 25.4 Å². The van der Waals surface area contributed by atoms with Crippen molar-refractivity contribution < 1.29 is 0 Å². The zero-order valence-electron chi connectivity index (χ0n) is 9.45. The fourth-order valence-electron chi connectivity index (χ4n) is 1.35. The summed E-state index contributed by atoms with van der Waals surface area (Å²) in [6.45, 7) is 7.14. The van der Waals surface area contributed by atoms with Crippen molar-refractivity contribution in [3.63, 3.8) is 0 Å². The minimum atomic E-state index is 0.562. The minimum Gasteiger partial charge on any atom is -0.330 e. The van der Waals surface area contributed by atoms with Crippen LogP contribution >= 0.6 is 23.1 Å². The van der Waals surface area contributed by atoms with Crippen molar-refractivity contribution in [1.29, 1.82) is 0 Å². The van der Waals surface area contributed by atoms with Crippen molar-refractivity contribution in [2.45, 2.75) is 19.1 Å². The van der Waals surface area contributed by atoms with Gasteiger partial charge in [0.1, 0.15) is 0 Å². The molecule has 1 aromatic rings. The summed E-state index contributed by atoms with van der Waals surface area (Å²) < 4.78 is 0. The summed E-state index contributed by atoms with van der Waals surface area (Å²) in [5, 5.41) is 3.97. The van der Waals surface area contributed by atoms with Gasteiger partial charge in [-0.15, -0.1) is 11.3 Å². The quantitative estimate of drug-likeness (QED) is 0.773. The van der Waals surface area contributed by atoms with Crippen LogP contribution in [0.5, 0.6) is 0 Å². The summed E-state index contributed by atoms with van der Waals surface area (Å²) in [4.78, 5) is 2.85.